The van der Waals surface area contributed by atoms with Crippen LogP contribution in [-0.4, -0.2) is 19.3 Å². The van der Waals surface area contributed by atoms with Gasteiger partial charge in [0.25, 0.3) is 0 Å². The Kier molecular flexibility index (Phi) is 9.23. The van der Waals surface area contributed by atoms with E-state index in [2.05, 4.69) is 0 Å². The number of hydrogen-bond donors (Lipinski definition) is 1. The smallest absolute Gasteiger partial charge is 0.141 e. The van der Waals surface area contributed by atoms with Gasteiger partial charge in [0.05, 0.1) is 14.2 Å². The molecule has 0 spiro atoms. The van der Waals surface area contributed by atoms with Crippen molar-refractivity contribution in [1.82, 2.24) is 0 Å². The van der Waals surface area contributed by atoms with Crippen molar-refractivity contribution in [1.29, 1.82) is 0 Å². The van der Waals surface area contributed by atoms with Crippen molar-refractivity contribution in [2.45, 2.75) is 18.8 Å². The lowest BCUT2D eigenvalue weighted by Gasteiger charge is -2.34. The van der Waals surface area contributed by atoms with Crippen molar-refractivity contribution < 1.29 is 24.1 Å². The van der Waals surface area contributed by atoms with Gasteiger partial charge in [0.15, 0.2) is 0 Å². The van der Waals surface area contributed by atoms with E-state index < -0.39 is 5.60 Å². The molecule has 0 saturated carbocycles. The predicted molar refractivity (Wildman–Crippen MR) is 166 cm³/mol. The molecule has 5 rings (SSSR count). The first-order chi connectivity index (χ1) is 20.4. The number of ether oxygens (including phenoxy) is 4. The minimum atomic E-state index is -1.59. The summed E-state index contributed by atoms with van der Waals surface area (Å²) >= 11 is 12.5. The molecule has 42 heavy (non-hydrogen) atoms. The zero-order valence-corrected chi connectivity index (χ0v) is 24.7. The number of methoxy groups -OCH3 is 2. The molecule has 0 aliphatic rings. The Morgan fingerprint density at radius 3 is 1.24 bits per heavy atom. The van der Waals surface area contributed by atoms with E-state index in [1.54, 1.807) is 38.5 Å². The molecule has 5 aromatic rings. The highest BCUT2D eigenvalue weighted by molar-refractivity contribution is 6.30. The normalized spacial score (nSPS) is 11.2. The van der Waals surface area contributed by atoms with E-state index in [-0.39, 0.29) is 13.2 Å². The summed E-state index contributed by atoms with van der Waals surface area (Å²) in [6.45, 7) is 0.392. The highest BCUT2D eigenvalue weighted by Gasteiger charge is 2.38. The first kappa shape index (κ1) is 29.3. The molecule has 0 fully saturated rings. The van der Waals surface area contributed by atoms with Crippen LogP contribution in [0, 0.1) is 0 Å². The number of halogens is 2. The zero-order chi connectivity index (χ0) is 29.5. The summed E-state index contributed by atoms with van der Waals surface area (Å²) in [7, 11) is 3.24. The van der Waals surface area contributed by atoms with Gasteiger partial charge in [-0.3, -0.25) is 0 Å². The lowest BCUT2D eigenvalue weighted by molar-refractivity contribution is 0.120. The standard InChI is InChI=1S/C35H30Cl2O5/c1-39-30-14-18-32(19-15-30)41-22-24-4-3-5-25(23-42-33-20-16-31(40-2)17-21-33)34(24)35(38,26-6-10-28(36)11-7-26)27-8-12-29(37)13-9-27/h3-21,38H,22-23H2,1-2H3. The van der Waals surface area contributed by atoms with Gasteiger partial charge in [0, 0.05) is 15.6 Å². The largest absolute Gasteiger partial charge is 0.497 e. The second-order valence-electron chi connectivity index (χ2n) is 9.60. The third kappa shape index (κ3) is 6.50. The summed E-state index contributed by atoms with van der Waals surface area (Å²) in [6.07, 6.45) is 0. The van der Waals surface area contributed by atoms with Gasteiger partial charge in [0.2, 0.25) is 0 Å². The van der Waals surface area contributed by atoms with E-state index in [4.69, 9.17) is 42.1 Å². The highest BCUT2D eigenvalue weighted by Crippen LogP contribution is 2.42. The monoisotopic (exact) mass is 600 g/mol. The Morgan fingerprint density at radius 1 is 0.524 bits per heavy atom. The van der Waals surface area contributed by atoms with Crippen molar-refractivity contribution in [3.63, 3.8) is 0 Å². The van der Waals surface area contributed by atoms with Crippen molar-refractivity contribution in [2.24, 2.45) is 0 Å². The SMILES string of the molecule is COc1ccc(OCc2cccc(COc3ccc(OC)cc3)c2C(O)(c2ccc(Cl)cc2)c2ccc(Cl)cc2)cc1. The fourth-order valence-corrected chi connectivity index (χ4v) is 5.11. The summed E-state index contributed by atoms with van der Waals surface area (Å²) in [4.78, 5) is 0. The van der Waals surface area contributed by atoms with Gasteiger partial charge < -0.3 is 24.1 Å². The highest BCUT2D eigenvalue weighted by atomic mass is 35.5. The molecular formula is C35H30Cl2O5. The Morgan fingerprint density at radius 2 is 0.881 bits per heavy atom. The van der Waals surface area contributed by atoms with Gasteiger partial charge in [-0.2, -0.15) is 0 Å². The Bertz CT molecular complexity index is 1490. The van der Waals surface area contributed by atoms with Crippen LogP contribution < -0.4 is 18.9 Å². The zero-order valence-electron chi connectivity index (χ0n) is 23.2. The first-order valence-electron chi connectivity index (χ1n) is 13.3. The molecule has 5 nitrogen and oxygen atoms in total. The summed E-state index contributed by atoms with van der Waals surface area (Å²) < 4.78 is 23.0. The number of hydrogen-bond acceptors (Lipinski definition) is 5. The van der Waals surface area contributed by atoms with Crippen LogP contribution in [-0.2, 0) is 18.8 Å². The number of benzene rings is 5. The Hall–Kier alpha value is -4.16. The minimum Gasteiger partial charge on any atom is -0.497 e. The fourth-order valence-electron chi connectivity index (χ4n) is 4.86. The van der Waals surface area contributed by atoms with Crippen LogP contribution in [0.2, 0.25) is 10.0 Å². The molecule has 0 saturated heterocycles. The third-order valence-electron chi connectivity index (χ3n) is 7.03. The van der Waals surface area contributed by atoms with Crippen molar-refractivity contribution in [3.05, 3.63) is 153 Å². The summed E-state index contributed by atoms with van der Waals surface area (Å²) in [5.74, 6) is 2.81. The van der Waals surface area contributed by atoms with E-state index >= 15 is 0 Å². The molecule has 7 heteroatoms. The summed E-state index contributed by atoms with van der Waals surface area (Å²) in [5.41, 5.74) is 1.90. The van der Waals surface area contributed by atoms with E-state index in [0.29, 0.717) is 38.2 Å². The van der Waals surface area contributed by atoms with Crippen molar-refractivity contribution in [3.8, 4) is 23.0 Å². The van der Waals surface area contributed by atoms with Gasteiger partial charge in [-0.25, -0.2) is 0 Å². The molecular weight excluding hydrogens is 571 g/mol. The van der Waals surface area contributed by atoms with Crippen LogP contribution in [0.1, 0.15) is 27.8 Å². The lowest BCUT2D eigenvalue weighted by atomic mass is 9.76. The minimum absolute atomic E-state index is 0.196. The van der Waals surface area contributed by atoms with Crippen LogP contribution in [0.15, 0.2) is 115 Å². The molecule has 5 aromatic carbocycles. The molecule has 0 aromatic heterocycles. The maximum absolute atomic E-state index is 12.9. The molecule has 0 aliphatic carbocycles. The molecule has 0 bridgehead atoms. The maximum Gasteiger partial charge on any atom is 0.141 e. The van der Waals surface area contributed by atoms with E-state index in [9.17, 15) is 5.11 Å². The molecule has 0 amide bonds. The average molecular weight is 602 g/mol. The molecule has 0 unspecified atom stereocenters. The second kappa shape index (κ2) is 13.2. The molecule has 0 atom stereocenters. The quantitative estimate of drug-likeness (QED) is 0.154. The molecule has 214 valence electrons. The Balaban J connectivity index is 1.62. The van der Waals surface area contributed by atoms with Gasteiger partial charge in [-0.1, -0.05) is 65.7 Å². The topological polar surface area (TPSA) is 57.2 Å². The summed E-state index contributed by atoms with van der Waals surface area (Å²) in [6, 6.07) is 35.0. The van der Waals surface area contributed by atoms with E-state index in [1.807, 2.05) is 91.0 Å². The number of rotatable bonds is 11. The molecule has 0 heterocycles. The van der Waals surface area contributed by atoms with Gasteiger partial charge in [0.1, 0.15) is 41.8 Å². The fraction of sp³-hybridized carbons (Fsp3) is 0.143. The van der Waals surface area contributed by atoms with Gasteiger partial charge in [-0.15, -0.1) is 0 Å². The molecule has 0 aliphatic heterocycles. The summed E-state index contributed by atoms with van der Waals surface area (Å²) in [5, 5.41) is 14.0. The maximum atomic E-state index is 12.9. The second-order valence-corrected chi connectivity index (χ2v) is 10.5. The number of aliphatic hydroxyl groups is 1. The van der Waals surface area contributed by atoms with Crippen LogP contribution >= 0.6 is 23.2 Å². The van der Waals surface area contributed by atoms with Crippen LogP contribution in [0.25, 0.3) is 0 Å². The van der Waals surface area contributed by atoms with Crippen molar-refractivity contribution >= 4 is 23.2 Å². The average Bonchev–Trinajstić information content (AvgIpc) is 3.03. The Labute approximate surface area is 255 Å². The van der Waals surface area contributed by atoms with Crippen LogP contribution in [0.4, 0.5) is 0 Å². The predicted octanol–water partition coefficient (Wildman–Crippen LogP) is 8.45. The van der Waals surface area contributed by atoms with Gasteiger partial charge >= 0.3 is 0 Å². The van der Waals surface area contributed by atoms with E-state index in [1.165, 1.54) is 0 Å². The lowest BCUT2D eigenvalue weighted by Crippen LogP contribution is -2.32. The van der Waals surface area contributed by atoms with Crippen molar-refractivity contribution in [2.75, 3.05) is 14.2 Å². The molecule has 1 N–H and O–H groups in total. The van der Waals surface area contributed by atoms with Gasteiger partial charge in [-0.05, 0) is 95.1 Å². The molecule has 0 radical (unpaired) electrons. The van der Waals surface area contributed by atoms with Crippen LogP contribution in [0.5, 0.6) is 23.0 Å². The third-order valence-corrected chi connectivity index (χ3v) is 7.53. The van der Waals surface area contributed by atoms with E-state index in [0.717, 1.165) is 22.6 Å². The first-order valence-corrected chi connectivity index (χ1v) is 14.1. The van der Waals surface area contributed by atoms with Crippen LogP contribution in [0.3, 0.4) is 0 Å².